The van der Waals surface area contributed by atoms with Crippen LogP contribution in [-0.4, -0.2) is 56.4 Å². The Labute approximate surface area is 164 Å². The molecule has 7 heteroatoms. The van der Waals surface area contributed by atoms with E-state index in [1.54, 1.807) is 6.20 Å². The maximum atomic E-state index is 13.3. The van der Waals surface area contributed by atoms with Gasteiger partial charge in [0, 0.05) is 49.8 Å². The van der Waals surface area contributed by atoms with Gasteiger partial charge in [-0.1, -0.05) is 6.07 Å². The van der Waals surface area contributed by atoms with Crippen molar-refractivity contribution in [1.82, 2.24) is 25.0 Å². The first-order valence-corrected chi connectivity index (χ1v) is 10.2. The number of nitrogens with one attached hydrogen (secondary N) is 1. The number of rotatable bonds is 3. The van der Waals surface area contributed by atoms with Gasteiger partial charge in [0.15, 0.2) is 5.69 Å². The van der Waals surface area contributed by atoms with Crippen LogP contribution >= 0.6 is 0 Å². The normalized spacial score (nSPS) is 24.2. The number of aryl methyl sites for hydroxylation is 1. The summed E-state index contributed by atoms with van der Waals surface area (Å²) in [6.07, 6.45) is 9.12. The number of amides is 2. The summed E-state index contributed by atoms with van der Waals surface area (Å²) in [6.45, 7) is 2.51. The Kier molecular flexibility index (Phi) is 4.18. The van der Waals surface area contributed by atoms with E-state index in [2.05, 4.69) is 15.2 Å². The minimum Gasteiger partial charge on any atom is -0.338 e. The number of hydrogen-bond acceptors (Lipinski definition) is 4. The lowest BCUT2D eigenvalue weighted by Crippen LogP contribution is -2.50. The first-order chi connectivity index (χ1) is 13.7. The molecule has 0 unspecified atom stereocenters. The summed E-state index contributed by atoms with van der Waals surface area (Å²) < 4.78 is 0. The first-order valence-electron chi connectivity index (χ1n) is 10.2. The molecule has 0 radical (unpaired) electrons. The lowest BCUT2D eigenvalue weighted by Gasteiger charge is -2.39. The molecule has 2 aromatic heterocycles. The van der Waals surface area contributed by atoms with Crippen LogP contribution in [0.25, 0.3) is 0 Å². The number of hydrogen-bond donors (Lipinski definition) is 1. The number of carbonyl (C=O) groups excluding carboxylic acids is 2. The zero-order valence-corrected chi connectivity index (χ0v) is 16.0. The Morgan fingerprint density at radius 2 is 2.14 bits per heavy atom. The van der Waals surface area contributed by atoms with Gasteiger partial charge in [-0.2, -0.15) is 5.10 Å². The van der Waals surface area contributed by atoms with Gasteiger partial charge in [0.2, 0.25) is 5.91 Å². The Balaban J connectivity index is 1.32. The van der Waals surface area contributed by atoms with Crippen LogP contribution in [0.3, 0.4) is 0 Å². The van der Waals surface area contributed by atoms with Crippen LogP contribution in [0.1, 0.15) is 53.0 Å². The van der Waals surface area contributed by atoms with Crippen LogP contribution in [0.5, 0.6) is 0 Å². The van der Waals surface area contributed by atoms with Gasteiger partial charge >= 0.3 is 0 Å². The molecule has 2 amide bonds. The summed E-state index contributed by atoms with van der Waals surface area (Å²) in [5.74, 6) is 0.165. The SMILES string of the molecule is O=C(c1n[nH]c2c1CCC2)N1CC[C@]2(CCCN(Cc3cccnc3)C2=O)C1. The van der Waals surface area contributed by atoms with E-state index in [1.165, 1.54) is 0 Å². The number of aromatic amines is 1. The third-order valence-electron chi connectivity index (χ3n) is 6.57. The van der Waals surface area contributed by atoms with Gasteiger partial charge in [0.1, 0.15) is 0 Å². The van der Waals surface area contributed by atoms with Gasteiger partial charge in [-0.25, -0.2) is 0 Å². The maximum Gasteiger partial charge on any atom is 0.274 e. The van der Waals surface area contributed by atoms with Gasteiger partial charge in [-0.3, -0.25) is 19.7 Å². The van der Waals surface area contributed by atoms with Crippen LogP contribution in [-0.2, 0) is 24.2 Å². The Morgan fingerprint density at radius 3 is 3.00 bits per heavy atom. The molecule has 1 aliphatic carbocycles. The van der Waals surface area contributed by atoms with Crippen molar-refractivity contribution < 1.29 is 9.59 Å². The highest BCUT2D eigenvalue weighted by Crippen LogP contribution is 2.41. The summed E-state index contributed by atoms with van der Waals surface area (Å²) in [6, 6.07) is 3.90. The molecule has 7 nitrogen and oxygen atoms in total. The number of carbonyl (C=O) groups is 2. The molecule has 2 aromatic rings. The van der Waals surface area contributed by atoms with Crippen molar-refractivity contribution in [3.63, 3.8) is 0 Å². The molecule has 2 aliphatic heterocycles. The minimum atomic E-state index is -0.435. The highest BCUT2D eigenvalue weighted by molar-refractivity contribution is 5.95. The second-order valence-electron chi connectivity index (χ2n) is 8.33. The summed E-state index contributed by atoms with van der Waals surface area (Å²) in [4.78, 5) is 34.4. The molecule has 0 aromatic carbocycles. The predicted molar refractivity (Wildman–Crippen MR) is 102 cm³/mol. The number of piperidine rings is 1. The second-order valence-corrected chi connectivity index (χ2v) is 8.33. The van der Waals surface area contributed by atoms with Crippen molar-refractivity contribution in [3.05, 3.63) is 47.0 Å². The van der Waals surface area contributed by atoms with E-state index < -0.39 is 5.41 Å². The number of nitrogens with zero attached hydrogens (tertiary/aromatic N) is 4. The van der Waals surface area contributed by atoms with E-state index >= 15 is 0 Å². The molecule has 0 bridgehead atoms. The molecule has 1 N–H and O–H groups in total. The Hall–Kier alpha value is -2.70. The predicted octanol–water partition coefficient (Wildman–Crippen LogP) is 1.95. The van der Waals surface area contributed by atoms with Crippen molar-refractivity contribution in [1.29, 1.82) is 0 Å². The molecule has 1 spiro atoms. The van der Waals surface area contributed by atoms with E-state index in [4.69, 9.17) is 0 Å². The molecule has 28 heavy (non-hydrogen) atoms. The summed E-state index contributed by atoms with van der Waals surface area (Å²) in [5, 5.41) is 7.31. The van der Waals surface area contributed by atoms with Crippen molar-refractivity contribution in [3.8, 4) is 0 Å². The third-order valence-corrected chi connectivity index (χ3v) is 6.57. The maximum absolute atomic E-state index is 13.3. The summed E-state index contributed by atoms with van der Waals surface area (Å²) >= 11 is 0. The molecule has 1 atom stereocenters. The van der Waals surface area contributed by atoms with Crippen molar-refractivity contribution in [2.45, 2.75) is 45.1 Å². The van der Waals surface area contributed by atoms with Crippen LogP contribution in [0.4, 0.5) is 0 Å². The van der Waals surface area contributed by atoms with Crippen molar-refractivity contribution in [2.75, 3.05) is 19.6 Å². The number of likely N-dealkylation sites (tertiary alicyclic amines) is 2. The number of fused-ring (bicyclic) bond motifs is 1. The van der Waals surface area contributed by atoms with Gasteiger partial charge in [-0.05, 0) is 50.2 Å². The monoisotopic (exact) mass is 379 g/mol. The number of aromatic nitrogens is 3. The van der Waals surface area contributed by atoms with E-state index in [1.807, 2.05) is 28.1 Å². The fourth-order valence-corrected chi connectivity index (χ4v) is 5.09. The van der Waals surface area contributed by atoms with Crippen LogP contribution < -0.4 is 0 Å². The molecule has 146 valence electrons. The van der Waals surface area contributed by atoms with E-state index in [0.717, 1.165) is 61.9 Å². The first kappa shape index (κ1) is 17.4. The Morgan fingerprint density at radius 1 is 1.21 bits per heavy atom. The standard InChI is InChI=1S/C21H25N5O2/c27-19(18-16-5-1-6-17(16)23-24-18)26-11-8-21(14-26)7-3-10-25(20(21)28)13-15-4-2-9-22-12-15/h2,4,9,12H,1,3,5-8,10-11,13-14H2,(H,23,24)/t21-/m1/s1. The largest absolute Gasteiger partial charge is 0.338 e. The van der Waals surface area contributed by atoms with Crippen LogP contribution in [0.15, 0.2) is 24.5 Å². The summed E-state index contributed by atoms with van der Waals surface area (Å²) in [5.41, 5.74) is 3.37. The van der Waals surface area contributed by atoms with Crippen LogP contribution in [0, 0.1) is 5.41 Å². The highest BCUT2D eigenvalue weighted by Gasteiger charge is 2.49. The zero-order chi connectivity index (χ0) is 19.1. The summed E-state index contributed by atoms with van der Waals surface area (Å²) in [7, 11) is 0. The quantitative estimate of drug-likeness (QED) is 0.884. The van der Waals surface area contributed by atoms with E-state index in [-0.39, 0.29) is 11.8 Å². The van der Waals surface area contributed by atoms with Gasteiger partial charge < -0.3 is 9.80 Å². The van der Waals surface area contributed by atoms with E-state index in [0.29, 0.717) is 25.3 Å². The number of pyridine rings is 1. The van der Waals surface area contributed by atoms with Gasteiger partial charge in [0.05, 0.1) is 5.41 Å². The average Bonchev–Trinajstić information content (AvgIpc) is 3.42. The zero-order valence-electron chi connectivity index (χ0n) is 16.0. The molecule has 5 rings (SSSR count). The molecule has 4 heterocycles. The fourth-order valence-electron chi connectivity index (χ4n) is 5.09. The molecule has 2 fully saturated rings. The topological polar surface area (TPSA) is 82.2 Å². The molecular formula is C21H25N5O2. The molecule has 0 saturated carbocycles. The molecule has 3 aliphatic rings. The smallest absolute Gasteiger partial charge is 0.274 e. The molecular weight excluding hydrogens is 354 g/mol. The fraction of sp³-hybridized carbons (Fsp3) is 0.524. The van der Waals surface area contributed by atoms with Gasteiger partial charge in [0.25, 0.3) is 5.91 Å². The van der Waals surface area contributed by atoms with Gasteiger partial charge in [-0.15, -0.1) is 0 Å². The molecule has 2 saturated heterocycles. The van der Waals surface area contributed by atoms with Crippen LogP contribution in [0.2, 0.25) is 0 Å². The minimum absolute atomic E-state index is 0.0199. The Bertz CT molecular complexity index is 909. The average molecular weight is 379 g/mol. The van der Waals surface area contributed by atoms with Crippen molar-refractivity contribution in [2.24, 2.45) is 5.41 Å². The number of H-pyrrole nitrogens is 1. The second kappa shape index (κ2) is 6.72. The lowest BCUT2D eigenvalue weighted by molar-refractivity contribution is -0.146. The highest BCUT2D eigenvalue weighted by atomic mass is 16.2. The lowest BCUT2D eigenvalue weighted by atomic mass is 9.78. The third kappa shape index (κ3) is 2.80. The van der Waals surface area contributed by atoms with Crippen molar-refractivity contribution >= 4 is 11.8 Å². The van der Waals surface area contributed by atoms with E-state index in [9.17, 15) is 9.59 Å².